The van der Waals surface area contributed by atoms with E-state index in [1.807, 2.05) is 18.2 Å². The van der Waals surface area contributed by atoms with Gasteiger partial charge >= 0.3 is 11.7 Å². The van der Waals surface area contributed by atoms with E-state index in [1.165, 1.54) is 32.0 Å². The van der Waals surface area contributed by atoms with Gasteiger partial charge in [0.15, 0.2) is 5.75 Å². The van der Waals surface area contributed by atoms with Gasteiger partial charge in [0, 0.05) is 22.0 Å². The van der Waals surface area contributed by atoms with Crippen LogP contribution in [0.15, 0.2) is 42.5 Å². The number of carboxylic acids is 1. The van der Waals surface area contributed by atoms with Crippen LogP contribution < -0.4 is 4.74 Å². The number of aliphatic carboxylic acids is 1. The molecular weight excluding hydrogens is 372 g/mol. The molecule has 3 rings (SSSR count). The summed E-state index contributed by atoms with van der Waals surface area (Å²) in [4.78, 5) is 25.4. The number of nitro groups is 1. The van der Waals surface area contributed by atoms with E-state index >= 15 is 0 Å². The molecule has 8 heteroatoms. The Bertz CT molecular complexity index is 1040. The van der Waals surface area contributed by atoms with E-state index in [0.29, 0.717) is 10.6 Å². The Labute approximate surface area is 159 Å². The SMILES string of the molecule is CC(C)(C(=O)O)c1ccc(OCc2cc3cc(Cl)ccc3[nH]2)c([N+](=O)[O-])c1. The second-order valence-electron chi connectivity index (χ2n) is 6.68. The maximum Gasteiger partial charge on any atom is 0.313 e. The lowest BCUT2D eigenvalue weighted by atomic mass is 9.84. The topological polar surface area (TPSA) is 105 Å². The number of ether oxygens (including phenoxy) is 1. The zero-order valence-corrected chi connectivity index (χ0v) is 15.4. The monoisotopic (exact) mass is 388 g/mol. The van der Waals surface area contributed by atoms with Crippen LogP contribution in [0.3, 0.4) is 0 Å². The molecule has 2 N–H and O–H groups in total. The average Bonchev–Trinajstić information content (AvgIpc) is 3.01. The maximum absolute atomic E-state index is 11.4. The van der Waals surface area contributed by atoms with Crippen LogP contribution in [0.25, 0.3) is 10.9 Å². The molecule has 0 aliphatic rings. The van der Waals surface area contributed by atoms with Crippen molar-refractivity contribution in [2.75, 3.05) is 0 Å². The van der Waals surface area contributed by atoms with Crippen molar-refractivity contribution >= 4 is 34.2 Å². The fourth-order valence-electron chi connectivity index (χ4n) is 2.69. The van der Waals surface area contributed by atoms with Gasteiger partial charge in [0.2, 0.25) is 0 Å². The zero-order valence-electron chi connectivity index (χ0n) is 14.7. The first-order chi connectivity index (χ1) is 12.7. The molecule has 3 aromatic rings. The van der Waals surface area contributed by atoms with Crippen molar-refractivity contribution in [2.45, 2.75) is 25.9 Å². The van der Waals surface area contributed by atoms with E-state index in [4.69, 9.17) is 16.3 Å². The third kappa shape index (κ3) is 3.73. The van der Waals surface area contributed by atoms with Crippen LogP contribution in [0, 0.1) is 10.1 Å². The van der Waals surface area contributed by atoms with Gasteiger partial charge in [-0.25, -0.2) is 0 Å². The van der Waals surface area contributed by atoms with Crippen LogP contribution in [0.4, 0.5) is 5.69 Å². The summed E-state index contributed by atoms with van der Waals surface area (Å²) >= 11 is 5.97. The summed E-state index contributed by atoms with van der Waals surface area (Å²) in [5, 5.41) is 22.3. The maximum atomic E-state index is 11.4. The number of hydrogen-bond donors (Lipinski definition) is 2. The molecule has 0 radical (unpaired) electrons. The number of hydrogen-bond acceptors (Lipinski definition) is 4. The molecule has 0 unspecified atom stereocenters. The first kappa shape index (κ1) is 18.7. The Balaban J connectivity index is 1.87. The van der Waals surface area contributed by atoms with Crippen LogP contribution >= 0.6 is 11.6 Å². The Kier molecular flexibility index (Phi) is 4.80. The van der Waals surface area contributed by atoms with Crippen LogP contribution in [0.2, 0.25) is 5.02 Å². The van der Waals surface area contributed by atoms with Gasteiger partial charge in [-0.1, -0.05) is 17.7 Å². The number of benzene rings is 2. The number of H-pyrrole nitrogens is 1. The molecule has 2 aromatic carbocycles. The van der Waals surface area contributed by atoms with Crippen LogP contribution in [-0.2, 0) is 16.8 Å². The molecule has 0 saturated heterocycles. The number of aromatic amines is 1. The number of nitrogens with one attached hydrogen (secondary N) is 1. The Morgan fingerprint density at radius 1 is 1.26 bits per heavy atom. The molecule has 0 bridgehead atoms. The number of carboxylic acid groups (broad SMARTS) is 1. The second-order valence-corrected chi connectivity index (χ2v) is 7.12. The van der Waals surface area contributed by atoms with Gasteiger partial charge in [-0.3, -0.25) is 14.9 Å². The molecule has 7 nitrogen and oxygen atoms in total. The number of nitro benzene ring substituents is 1. The fraction of sp³-hybridized carbons (Fsp3) is 0.211. The summed E-state index contributed by atoms with van der Waals surface area (Å²) in [5.74, 6) is -0.996. The molecule has 140 valence electrons. The van der Waals surface area contributed by atoms with Crippen molar-refractivity contribution in [1.82, 2.24) is 4.98 Å². The van der Waals surface area contributed by atoms with Gasteiger partial charge in [-0.2, -0.15) is 0 Å². The van der Waals surface area contributed by atoms with Crippen molar-refractivity contribution in [3.8, 4) is 5.75 Å². The molecule has 0 aliphatic carbocycles. The van der Waals surface area contributed by atoms with Gasteiger partial charge in [-0.05, 0) is 49.7 Å². The van der Waals surface area contributed by atoms with Crippen LogP contribution in [-0.4, -0.2) is 21.0 Å². The third-order valence-electron chi connectivity index (χ3n) is 4.43. The van der Waals surface area contributed by atoms with E-state index in [9.17, 15) is 20.0 Å². The summed E-state index contributed by atoms with van der Waals surface area (Å²) in [6, 6.07) is 11.5. The Morgan fingerprint density at radius 2 is 2.00 bits per heavy atom. The fourth-order valence-corrected chi connectivity index (χ4v) is 2.87. The molecule has 0 atom stereocenters. The van der Waals surface area contributed by atoms with Crippen LogP contribution in [0.5, 0.6) is 5.75 Å². The number of rotatable bonds is 6. The third-order valence-corrected chi connectivity index (χ3v) is 4.67. The highest BCUT2D eigenvalue weighted by atomic mass is 35.5. The normalized spacial score (nSPS) is 11.5. The van der Waals surface area contributed by atoms with Crippen molar-refractivity contribution in [1.29, 1.82) is 0 Å². The van der Waals surface area contributed by atoms with Crippen molar-refractivity contribution in [3.05, 3.63) is 68.9 Å². The lowest BCUT2D eigenvalue weighted by Crippen LogP contribution is -2.28. The number of carbonyl (C=O) groups is 1. The highest BCUT2D eigenvalue weighted by Gasteiger charge is 2.32. The molecule has 0 amide bonds. The lowest BCUT2D eigenvalue weighted by molar-refractivity contribution is -0.386. The van der Waals surface area contributed by atoms with E-state index in [1.54, 1.807) is 6.07 Å². The van der Waals surface area contributed by atoms with Gasteiger partial charge < -0.3 is 14.8 Å². The molecule has 27 heavy (non-hydrogen) atoms. The predicted molar refractivity (Wildman–Crippen MR) is 101 cm³/mol. The van der Waals surface area contributed by atoms with E-state index in [-0.39, 0.29) is 18.0 Å². The zero-order chi connectivity index (χ0) is 19.8. The minimum Gasteiger partial charge on any atom is -0.481 e. The van der Waals surface area contributed by atoms with Crippen molar-refractivity contribution in [3.63, 3.8) is 0 Å². The minimum absolute atomic E-state index is 0.0710. The van der Waals surface area contributed by atoms with Crippen molar-refractivity contribution in [2.24, 2.45) is 0 Å². The van der Waals surface area contributed by atoms with E-state index in [2.05, 4.69) is 4.98 Å². The molecule has 0 aliphatic heterocycles. The van der Waals surface area contributed by atoms with E-state index < -0.39 is 16.3 Å². The lowest BCUT2D eigenvalue weighted by Gasteiger charge is -2.19. The first-order valence-electron chi connectivity index (χ1n) is 8.11. The van der Waals surface area contributed by atoms with Crippen LogP contribution in [0.1, 0.15) is 25.1 Å². The Hall–Kier alpha value is -3.06. The smallest absolute Gasteiger partial charge is 0.313 e. The van der Waals surface area contributed by atoms with Crippen molar-refractivity contribution < 1.29 is 19.6 Å². The largest absolute Gasteiger partial charge is 0.481 e. The summed E-state index contributed by atoms with van der Waals surface area (Å²) in [6.45, 7) is 3.07. The van der Waals surface area contributed by atoms with Gasteiger partial charge in [0.1, 0.15) is 6.61 Å². The standard InChI is InChI=1S/C19H17ClN2O5/c1-19(2,18(23)24)12-3-6-17(16(9-12)22(25)26)27-10-14-8-11-7-13(20)4-5-15(11)21-14/h3-9,21H,10H2,1-2H3,(H,23,24). The molecule has 0 saturated carbocycles. The molecule has 1 aromatic heterocycles. The predicted octanol–water partition coefficient (Wildman–Crippen LogP) is 4.67. The van der Waals surface area contributed by atoms with E-state index in [0.717, 1.165) is 16.6 Å². The first-order valence-corrected chi connectivity index (χ1v) is 8.48. The molecule has 1 heterocycles. The molecule has 0 fully saturated rings. The van der Waals surface area contributed by atoms with Gasteiger partial charge in [0.25, 0.3) is 0 Å². The highest BCUT2D eigenvalue weighted by Crippen LogP contribution is 2.34. The summed E-state index contributed by atoms with van der Waals surface area (Å²) in [7, 11) is 0. The number of fused-ring (bicyclic) bond motifs is 1. The summed E-state index contributed by atoms with van der Waals surface area (Å²) in [5.41, 5.74) is 0.414. The quantitative estimate of drug-likeness (QED) is 0.471. The average molecular weight is 389 g/mol. The molecular formula is C19H17ClN2O5. The van der Waals surface area contributed by atoms with Gasteiger partial charge in [0.05, 0.1) is 16.0 Å². The summed E-state index contributed by atoms with van der Waals surface area (Å²) in [6.07, 6.45) is 0. The number of aromatic nitrogens is 1. The number of halogens is 1. The van der Waals surface area contributed by atoms with Gasteiger partial charge in [-0.15, -0.1) is 0 Å². The minimum atomic E-state index is -1.25. The molecule has 0 spiro atoms. The second kappa shape index (κ2) is 6.92. The highest BCUT2D eigenvalue weighted by molar-refractivity contribution is 6.31. The number of nitrogens with zero attached hydrogens (tertiary/aromatic N) is 1. The summed E-state index contributed by atoms with van der Waals surface area (Å²) < 4.78 is 5.62. The Morgan fingerprint density at radius 3 is 2.67 bits per heavy atom.